The van der Waals surface area contributed by atoms with Crippen molar-refractivity contribution in [1.29, 1.82) is 0 Å². The molecule has 148 valence electrons. The highest BCUT2D eigenvalue weighted by atomic mass is 16.3. The van der Waals surface area contributed by atoms with Crippen molar-refractivity contribution in [2.75, 3.05) is 12.3 Å². The summed E-state index contributed by atoms with van der Waals surface area (Å²) in [6, 6.07) is 5.49. The van der Waals surface area contributed by atoms with Gasteiger partial charge in [-0.25, -0.2) is 0 Å². The third-order valence-corrected chi connectivity index (χ3v) is 4.80. The van der Waals surface area contributed by atoms with Crippen molar-refractivity contribution in [2.24, 2.45) is 0 Å². The maximum Gasteiger partial charge on any atom is 0.251 e. The van der Waals surface area contributed by atoms with E-state index in [1.807, 2.05) is 18.2 Å². The van der Waals surface area contributed by atoms with E-state index in [0.29, 0.717) is 11.3 Å². The molecule has 0 aromatic heterocycles. The Kier molecular flexibility index (Phi) is 11.8. The third-order valence-electron chi connectivity index (χ3n) is 4.80. The largest absolute Gasteiger partial charge is 0.398 e. The van der Waals surface area contributed by atoms with Crippen LogP contribution in [0, 0.1) is 0 Å². The summed E-state index contributed by atoms with van der Waals surface area (Å²) >= 11 is 0. The summed E-state index contributed by atoms with van der Waals surface area (Å²) < 4.78 is 0. The third kappa shape index (κ3) is 9.23. The summed E-state index contributed by atoms with van der Waals surface area (Å²) in [5, 5.41) is 12.1. The number of nitrogen functional groups attached to an aromatic ring is 1. The van der Waals surface area contributed by atoms with Crippen molar-refractivity contribution < 1.29 is 9.90 Å². The van der Waals surface area contributed by atoms with E-state index in [0.717, 1.165) is 18.4 Å². The van der Waals surface area contributed by atoms with Gasteiger partial charge < -0.3 is 16.2 Å². The van der Waals surface area contributed by atoms with Crippen molar-refractivity contribution in [3.8, 4) is 0 Å². The zero-order valence-corrected chi connectivity index (χ0v) is 16.7. The molecule has 0 radical (unpaired) electrons. The average Bonchev–Trinajstić information content (AvgIpc) is 2.62. The molecule has 1 aromatic carbocycles. The minimum Gasteiger partial charge on any atom is -0.398 e. The van der Waals surface area contributed by atoms with Gasteiger partial charge in [-0.1, -0.05) is 70.8 Å². The lowest BCUT2D eigenvalue weighted by atomic mass is 9.98. The second kappa shape index (κ2) is 13.6. The Labute approximate surface area is 159 Å². The monoisotopic (exact) mass is 362 g/mol. The molecule has 0 bridgehead atoms. The van der Waals surface area contributed by atoms with Crippen LogP contribution in [-0.2, 0) is 6.42 Å². The Morgan fingerprint density at radius 2 is 1.62 bits per heavy atom. The van der Waals surface area contributed by atoms with E-state index in [2.05, 4.69) is 12.2 Å². The number of aliphatic hydroxyl groups is 1. The van der Waals surface area contributed by atoms with Crippen LogP contribution in [0.25, 0.3) is 0 Å². The molecule has 0 fully saturated rings. The van der Waals surface area contributed by atoms with E-state index >= 15 is 0 Å². The van der Waals surface area contributed by atoms with Crippen LogP contribution in [0.5, 0.6) is 0 Å². The maximum absolute atomic E-state index is 12.3. The van der Waals surface area contributed by atoms with Crippen molar-refractivity contribution in [3.05, 3.63) is 29.3 Å². The van der Waals surface area contributed by atoms with Crippen LogP contribution in [0.2, 0.25) is 0 Å². The van der Waals surface area contributed by atoms with Crippen LogP contribution in [-0.4, -0.2) is 23.7 Å². The van der Waals surface area contributed by atoms with Gasteiger partial charge in [0.1, 0.15) is 0 Å². The lowest BCUT2D eigenvalue weighted by molar-refractivity contribution is 0.0923. The van der Waals surface area contributed by atoms with Crippen LogP contribution in [0.4, 0.5) is 5.69 Å². The molecule has 0 spiro atoms. The summed E-state index contributed by atoms with van der Waals surface area (Å²) in [5.74, 6) is -0.153. The van der Waals surface area contributed by atoms with Gasteiger partial charge in [0.15, 0.2) is 0 Å². The number of nitrogens with one attached hydrogen (secondary N) is 1. The predicted molar refractivity (Wildman–Crippen MR) is 110 cm³/mol. The molecule has 0 saturated heterocycles. The molecule has 0 saturated carbocycles. The number of aliphatic hydroxyl groups excluding tert-OH is 1. The second-order valence-corrected chi connectivity index (χ2v) is 7.36. The van der Waals surface area contributed by atoms with Crippen LogP contribution in [0.1, 0.15) is 94.0 Å². The summed E-state index contributed by atoms with van der Waals surface area (Å²) in [6.07, 6.45) is 13.2. The zero-order chi connectivity index (χ0) is 19.2. The Morgan fingerprint density at radius 1 is 1.04 bits per heavy atom. The van der Waals surface area contributed by atoms with Gasteiger partial charge in [0.25, 0.3) is 5.91 Å². The SMILES string of the molecule is CCCCCCCCCCCCc1c(N)cccc1C(=O)NCC(C)O. The molecule has 1 amide bonds. The molecule has 1 atom stereocenters. The molecule has 4 N–H and O–H groups in total. The molecular formula is C22H38N2O2. The van der Waals surface area contributed by atoms with Gasteiger partial charge in [-0.15, -0.1) is 0 Å². The minimum atomic E-state index is -0.551. The van der Waals surface area contributed by atoms with E-state index in [9.17, 15) is 9.90 Å². The number of hydrogen-bond donors (Lipinski definition) is 3. The lowest BCUT2D eigenvalue weighted by Gasteiger charge is -2.13. The fourth-order valence-electron chi connectivity index (χ4n) is 3.22. The first-order valence-electron chi connectivity index (χ1n) is 10.4. The van der Waals surface area contributed by atoms with E-state index in [4.69, 9.17) is 5.73 Å². The number of benzene rings is 1. The summed E-state index contributed by atoms with van der Waals surface area (Å²) in [5.41, 5.74) is 8.37. The molecule has 1 aromatic rings. The van der Waals surface area contributed by atoms with Gasteiger partial charge in [-0.3, -0.25) is 4.79 Å². The molecule has 0 aliphatic rings. The minimum absolute atomic E-state index is 0.153. The summed E-state index contributed by atoms with van der Waals surface area (Å²) in [7, 11) is 0. The van der Waals surface area contributed by atoms with Crippen LogP contribution >= 0.6 is 0 Å². The quantitative estimate of drug-likeness (QED) is 0.327. The van der Waals surface area contributed by atoms with E-state index < -0.39 is 6.10 Å². The van der Waals surface area contributed by atoms with Gasteiger partial charge in [0.2, 0.25) is 0 Å². The first-order chi connectivity index (χ1) is 12.6. The molecule has 4 heteroatoms. The topological polar surface area (TPSA) is 75.4 Å². The Balaban J connectivity index is 2.32. The molecule has 0 aliphatic heterocycles. The number of hydrogen-bond acceptors (Lipinski definition) is 3. The number of rotatable bonds is 14. The van der Waals surface area contributed by atoms with Gasteiger partial charge >= 0.3 is 0 Å². The number of anilines is 1. The normalized spacial score (nSPS) is 12.1. The first-order valence-corrected chi connectivity index (χ1v) is 10.4. The van der Waals surface area contributed by atoms with Gasteiger partial charge in [-0.2, -0.15) is 0 Å². The Hall–Kier alpha value is -1.55. The number of carbonyl (C=O) groups is 1. The fraction of sp³-hybridized carbons (Fsp3) is 0.682. The molecular weight excluding hydrogens is 324 g/mol. The second-order valence-electron chi connectivity index (χ2n) is 7.36. The number of nitrogens with two attached hydrogens (primary N) is 1. The van der Waals surface area contributed by atoms with E-state index in [1.165, 1.54) is 57.8 Å². The number of amides is 1. The Morgan fingerprint density at radius 3 is 2.19 bits per heavy atom. The molecule has 26 heavy (non-hydrogen) atoms. The fourth-order valence-corrected chi connectivity index (χ4v) is 3.22. The number of carbonyl (C=O) groups excluding carboxylic acids is 1. The van der Waals surface area contributed by atoms with Crippen molar-refractivity contribution >= 4 is 11.6 Å². The molecule has 0 aliphatic carbocycles. The molecule has 1 rings (SSSR count). The van der Waals surface area contributed by atoms with Crippen LogP contribution < -0.4 is 11.1 Å². The maximum atomic E-state index is 12.3. The van der Waals surface area contributed by atoms with Gasteiger partial charge in [0, 0.05) is 17.8 Å². The molecule has 4 nitrogen and oxygen atoms in total. The van der Waals surface area contributed by atoms with Crippen LogP contribution in [0.15, 0.2) is 18.2 Å². The molecule has 1 unspecified atom stereocenters. The molecule has 0 heterocycles. The zero-order valence-electron chi connectivity index (χ0n) is 16.7. The Bertz CT molecular complexity index is 515. The average molecular weight is 363 g/mol. The van der Waals surface area contributed by atoms with Crippen LogP contribution in [0.3, 0.4) is 0 Å². The lowest BCUT2D eigenvalue weighted by Crippen LogP contribution is -2.31. The van der Waals surface area contributed by atoms with Crippen molar-refractivity contribution in [1.82, 2.24) is 5.32 Å². The predicted octanol–water partition coefficient (Wildman–Crippen LogP) is 4.84. The van der Waals surface area contributed by atoms with E-state index in [1.54, 1.807) is 6.92 Å². The standard InChI is InChI=1S/C22H38N2O2/c1-3-4-5-6-7-8-9-10-11-12-14-19-20(15-13-16-21(19)23)22(26)24-17-18(2)25/h13,15-16,18,25H,3-12,14,17,23H2,1-2H3,(H,24,26). The summed E-state index contributed by atoms with van der Waals surface area (Å²) in [6.45, 7) is 4.16. The van der Waals surface area contributed by atoms with Gasteiger partial charge in [-0.05, 0) is 37.5 Å². The first kappa shape index (κ1) is 22.5. The van der Waals surface area contributed by atoms with Gasteiger partial charge in [0.05, 0.1) is 6.10 Å². The van der Waals surface area contributed by atoms with E-state index in [-0.39, 0.29) is 12.5 Å². The highest BCUT2D eigenvalue weighted by Gasteiger charge is 2.13. The highest BCUT2D eigenvalue weighted by molar-refractivity contribution is 5.97. The highest BCUT2D eigenvalue weighted by Crippen LogP contribution is 2.21. The van der Waals surface area contributed by atoms with Crippen molar-refractivity contribution in [2.45, 2.75) is 90.6 Å². The summed E-state index contributed by atoms with van der Waals surface area (Å²) in [4.78, 5) is 12.3. The number of unbranched alkanes of at least 4 members (excludes halogenated alkanes) is 9. The van der Waals surface area contributed by atoms with Crippen molar-refractivity contribution in [3.63, 3.8) is 0 Å². The smallest absolute Gasteiger partial charge is 0.251 e.